The molecule has 0 aliphatic heterocycles. The van der Waals surface area contributed by atoms with Gasteiger partial charge >= 0.3 is 0 Å². The number of aromatic nitrogens is 1. The van der Waals surface area contributed by atoms with Crippen LogP contribution < -0.4 is 0 Å². The van der Waals surface area contributed by atoms with Crippen molar-refractivity contribution in [2.24, 2.45) is 0 Å². The van der Waals surface area contributed by atoms with E-state index in [1.165, 1.54) is 0 Å². The quantitative estimate of drug-likeness (QED) is 0.647. The minimum Gasteiger partial charge on any atom is -0.388 e. The van der Waals surface area contributed by atoms with Crippen molar-refractivity contribution >= 4 is 6.29 Å². The summed E-state index contributed by atoms with van der Waals surface area (Å²) in [5.41, 5.74) is 1.95. The van der Waals surface area contributed by atoms with E-state index < -0.39 is 0 Å². The van der Waals surface area contributed by atoms with Crippen LogP contribution in [0.15, 0.2) is 18.3 Å². The Morgan fingerprint density at radius 1 is 1.54 bits per heavy atom. The van der Waals surface area contributed by atoms with Crippen LogP contribution in [0.5, 0.6) is 0 Å². The molecule has 0 spiro atoms. The smallest absolute Gasteiger partial charge is 0.124 e. The molecule has 0 aromatic carbocycles. The lowest BCUT2D eigenvalue weighted by Crippen LogP contribution is -1.91. The zero-order valence-corrected chi connectivity index (χ0v) is 8.28. The van der Waals surface area contributed by atoms with E-state index in [4.69, 9.17) is 0 Å². The molecule has 0 unspecified atom stereocenters. The summed E-state index contributed by atoms with van der Waals surface area (Å²) in [5.74, 6) is 0. The molecule has 3 heteroatoms. The fraction of sp³-hybridized carbons (Fsp3) is 0.400. The monoisotopic (exact) mass is 181 g/mol. The van der Waals surface area contributed by atoms with Crippen molar-refractivity contribution in [1.82, 2.24) is 4.98 Å². The number of methoxy groups -OCH3 is 1. The molecule has 0 atom stereocenters. The number of aldehydes is 1. The van der Waals surface area contributed by atoms with Crippen molar-refractivity contribution in [3.63, 3.8) is 0 Å². The molecule has 0 amide bonds. The molecule has 0 aliphatic rings. The van der Waals surface area contributed by atoms with E-state index in [2.05, 4.69) is 9.72 Å². The average Bonchev–Trinajstić information content (AvgIpc) is 2.11. The van der Waals surface area contributed by atoms with Crippen LogP contribution in [0.4, 0.5) is 0 Å². The van der Waals surface area contributed by atoms with Gasteiger partial charge in [-0.1, -0.05) is 6.07 Å². The molecule has 1 rings (SSSR count). The summed E-state index contributed by atoms with van der Waals surface area (Å²) in [6.07, 6.45) is 3.09. The average molecular weight is 181 g/mol. The zero-order valence-electron chi connectivity index (χ0n) is 8.28. The molecule has 0 bridgehead atoms. The first-order valence-electron chi connectivity index (χ1n) is 4.00. The lowest BCUT2D eigenvalue weighted by atomic mass is 10.1. The summed E-state index contributed by atoms with van der Waals surface area (Å²) in [7, 11) is 3.25. The normalized spacial score (nSPS) is 8.54. The Labute approximate surface area is 78.8 Å². The summed E-state index contributed by atoms with van der Waals surface area (Å²) in [4.78, 5) is 14.1. The van der Waals surface area contributed by atoms with Crippen LogP contribution in [0.3, 0.4) is 0 Å². The first kappa shape index (κ1) is 11.8. The van der Waals surface area contributed by atoms with E-state index in [1.807, 2.05) is 19.1 Å². The highest BCUT2D eigenvalue weighted by atomic mass is 16.4. The number of rotatable bonds is 2. The molecule has 1 heterocycles. The largest absolute Gasteiger partial charge is 0.388 e. The second-order valence-electron chi connectivity index (χ2n) is 2.53. The van der Waals surface area contributed by atoms with E-state index in [-0.39, 0.29) is 0 Å². The second-order valence-corrected chi connectivity index (χ2v) is 2.53. The van der Waals surface area contributed by atoms with Crippen molar-refractivity contribution in [3.05, 3.63) is 29.6 Å². The lowest BCUT2D eigenvalue weighted by molar-refractivity contribution is -0.107. The van der Waals surface area contributed by atoms with Gasteiger partial charge in [0.1, 0.15) is 6.29 Å². The van der Waals surface area contributed by atoms with Gasteiger partial charge in [-0.25, -0.2) is 0 Å². The predicted molar refractivity (Wildman–Crippen MR) is 51.7 cm³/mol. The van der Waals surface area contributed by atoms with E-state index in [1.54, 1.807) is 20.4 Å². The standard InChI is InChI=1S/C8H9NO.C2H6O/c1-7-8(4-6-10)3-2-5-9-7;1-3-2/h2-3,5-6H,4H2,1H3;1-2H3. The van der Waals surface area contributed by atoms with Crippen LogP contribution >= 0.6 is 0 Å². The number of hydrogen-bond donors (Lipinski definition) is 0. The Kier molecular flexibility index (Phi) is 6.73. The third-order valence-corrected chi connectivity index (χ3v) is 1.42. The lowest BCUT2D eigenvalue weighted by Gasteiger charge is -1.96. The number of nitrogens with zero attached hydrogens (tertiary/aromatic N) is 1. The number of pyridine rings is 1. The molecular formula is C10H15NO2. The molecule has 1 aromatic rings. The minimum absolute atomic E-state index is 0.472. The number of aryl methyl sites for hydroxylation is 1. The Morgan fingerprint density at radius 3 is 2.62 bits per heavy atom. The van der Waals surface area contributed by atoms with Gasteiger partial charge in [0, 0.05) is 32.5 Å². The van der Waals surface area contributed by atoms with Gasteiger partial charge in [-0.3, -0.25) is 4.98 Å². The van der Waals surface area contributed by atoms with E-state index in [9.17, 15) is 4.79 Å². The summed E-state index contributed by atoms with van der Waals surface area (Å²) >= 11 is 0. The van der Waals surface area contributed by atoms with Gasteiger partial charge in [0.15, 0.2) is 0 Å². The van der Waals surface area contributed by atoms with Gasteiger partial charge in [0.05, 0.1) is 0 Å². The molecular weight excluding hydrogens is 166 g/mol. The van der Waals surface area contributed by atoms with Crippen LogP contribution in [0.2, 0.25) is 0 Å². The molecule has 0 saturated carbocycles. The van der Waals surface area contributed by atoms with E-state index >= 15 is 0 Å². The highest BCUT2D eigenvalue weighted by Gasteiger charge is 1.94. The fourth-order valence-electron chi connectivity index (χ4n) is 0.823. The van der Waals surface area contributed by atoms with Crippen molar-refractivity contribution < 1.29 is 9.53 Å². The van der Waals surface area contributed by atoms with Crippen molar-refractivity contribution in [2.75, 3.05) is 14.2 Å². The maximum absolute atomic E-state index is 10.1. The Bertz CT molecular complexity index is 248. The third-order valence-electron chi connectivity index (χ3n) is 1.42. The van der Waals surface area contributed by atoms with Crippen LogP contribution in [0, 0.1) is 6.92 Å². The molecule has 1 aromatic heterocycles. The van der Waals surface area contributed by atoms with E-state index in [0.717, 1.165) is 17.5 Å². The SMILES string of the molecule is COC.Cc1ncccc1CC=O. The Hall–Kier alpha value is -1.22. The van der Waals surface area contributed by atoms with Gasteiger partial charge in [-0.15, -0.1) is 0 Å². The molecule has 0 aliphatic carbocycles. The summed E-state index contributed by atoms with van der Waals surface area (Å²) < 4.78 is 4.25. The number of carbonyl (C=O) groups excluding carboxylic acids is 1. The van der Waals surface area contributed by atoms with Crippen molar-refractivity contribution in [2.45, 2.75) is 13.3 Å². The van der Waals surface area contributed by atoms with E-state index in [0.29, 0.717) is 6.42 Å². The van der Waals surface area contributed by atoms with Gasteiger partial charge < -0.3 is 9.53 Å². The molecule has 0 fully saturated rings. The summed E-state index contributed by atoms with van der Waals surface area (Å²) in [6.45, 7) is 1.90. The highest BCUT2D eigenvalue weighted by Crippen LogP contribution is 2.01. The van der Waals surface area contributed by atoms with Crippen molar-refractivity contribution in [3.8, 4) is 0 Å². The van der Waals surface area contributed by atoms with Gasteiger partial charge in [0.2, 0.25) is 0 Å². The number of ether oxygens (including phenoxy) is 1. The van der Waals surface area contributed by atoms with Crippen LogP contribution in [-0.2, 0) is 16.0 Å². The van der Waals surface area contributed by atoms with Crippen molar-refractivity contribution in [1.29, 1.82) is 0 Å². The molecule has 13 heavy (non-hydrogen) atoms. The molecule has 0 radical (unpaired) electrons. The maximum Gasteiger partial charge on any atom is 0.124 e. The molecule has 0 saturated heterocycles. The summed E-state index contributed by atoms with van der Waals surface area (Å²) in [6, 6.07) is 3.75. The Morgan fingerprint density at radius 2 is 2.15 bits per heavy atom. The minimum atomic E-state index is 0.472. The molecule has 0 N–H and O–H groups in total. The molecule has 3 nitrogen and oxygen atoms in total. The molecule has 72 valence electrons. The van der Waals surface area contributed by atoms with Gasteiger partial charge in [0.25, 0.3) is 0 Å². The summed E-state index contributed by atoms with van der Waals surface area (Å²) in [5, 5.41) is 0. The number of hydrogen-bond acceptors (Lipinski definition) is 3. The zero-order chi connectivity index (χ0) is 10.1. The first-order chi connectivity index (χ1) is 6.26. The number of carbonyl (C=O) groups is 1. The third kappa shape index (κ3) is 5.09. The van der Waals surface area contributed by atoms with Gasteiger partial charge in [-0.05, 0) is 18.6 Å². The first-order valence-corrected chi connectivity index (χ1v) is 4.00. The highest BCUT2D eigenvalue weighted by molar-refractivity contribution is 5.55. The second kappa shape index (κ2) is 7.43. The Balaban J connectivity index is 0.000000424. The topological polar surface area (TPSA) is 39.2 Å². The van der Waals surface area contributed by atoms with Crippen LogP contribution in [0.1, 0.15) is 11.3 Å². The predicted octanol–water partition coefficient (Wildman–Crippen LogP) is 1.39. The van der Waals surface area contributed by atoms with Crippen LogP contribution in [-0.4, -0.2) is 25.5 Å². The van der Waals surface area contributed by atoms with Gasteiger partial charge in [-0.2, -0.15) is 0 Å². The van der Waals surface area contributed by atoms with Crippen LogP contribution in [0.25, 0.3) is 0 Å². The maximum atomic E-state index is 10.1. The fourth-order valence-corrected chi connectivity index (χ4v) is 0.823.